The van der Waals surface area contributed by atoms with Crippen molar-refractivity contribution in [1.82, 2.24) is 9.80 Å². The van der Waals surface area contributed by atoms with Crippen molar-refractivity contribution in [3.05, 3.63) is 65.5 Å². The maximum atomic E-state index is 13.0. The number of phenolic OH excluding ortho intramolecular Hbond substituents is 1. The SMILES string of the molecule is O=C(O)C(c1cccc(O)c1)N1CCN(Cc2ccc(F)cc2)C(=O)C1. The van der Waals surface area contributed by atoms with Gasteiger partial charge < -0.3 is 15.1 Å². The fourth-order valence-electron chi connectivity index (χ4n) is 3.13. The first kappa shape index (κ1) is 17.9. The van der Waals surface area contributed by atoms with E-state index in [4.69, 9.17) is 0 Å². The molecule has 0 aromatic heterocycles. The van der Waals surface area contributed by atoms with Gasteiger partial charge in [0.05, 0.1) is 6.54 Å². The first-order valence-electron chi connectivity index (χ1n) is 8.22. The van der Waals surface area contributed by atoms with E-state index in [2.05, 4.69) is 0 Å². The van der Waals surface area contributed by atoms with Crippen molar-refractivity contribution in [2.45, 2.75) is 12.6 Å². The van der Waals surface area contributed by atoms with E-state index in [0.717, 1.165) is 5.56 Å². The van der Waals surface area contributed by atoms with Crippen LogP contribution in [0.25, 0.3) is 0 Å². The Bertz CT molecular complexity index is 809. The molecule has 1 amide bonds. The predicted molar refractivity (Wildman–Crippen MR) is 91.9 cm³/mol. The molecule has 0 radical (unpaired) electrons. The summed E-state index contributed by atoms with van der Waals surface area (Å²) in [5.41, 5.74) is 1.24. The second kappa shape index (κ2) is 7.53. The molecule has 0 spiro atoms. The molecule has 7 heteroatoms. The average molecular weight is 358 g/mol. The number of rotatable bonds is 5. The molecular weight excluding hydrogens is 339 g/mol. The van der Waals surface area contributed by atoms with E-state index in [9.17, 15) is 24.2 Å². The molecule has 0 aliphatic carbocycles. The third-order valence-electron chi connectivity index (χ3n) is 4.42. The van der Waals surface area contributed by atoms with Crippen LogP contribution in [0.1, 0.15) is 17.2 Å². The van der Waals surface area contributed by atoms with Crippen LogP contribution in [0.4, 0.5) is 4.39 Å². The van der Waals surface area contributed by atoms with E-state index >= 15 is 0 Å². The number of carbonyl (C=O) groups is 2. The van der Waals surface area contributed by atoms with Gasteiger partial charge in [-0.1, -0.05) is 24.3 Å². The lowest BCUT2D eigenvalue weighted by Gasteiger charge is -2.37. The minimum Gasteiger partial charge on any atom is -0.508 e. The van der Waals surface area contributed by atoms with Crippen LogP contribution in [0.3, 0.4) is 0 Å². The summed E-state index contributed by atoms with van der Waals surface area (Å²) in [6.45, 7) is 1.09. The Hall–Kier alpha value is -2.93. The van der Waals surface area contributed by atoms with Gasteiger partial charge in [-0.2, -0.15) is 0 Å². The second-order valence-electron chi connectivity index (χ2n) is 6.25. The number of nitrogens with zero attached hydrogens (tertiary/aromatic N) is 2. The highest BCUT2D eigenvalue weighted by Crippen LogP contribution is 2.26. The molecule has 1 aliphatic rings. The number of carbonyl (C=O) groups excluding carboxylic acids is 1. The van der Waals surface area contributed by atoms with Crippen molar-refractivity contribution in [3.8, 4) is 5.75 Å². The molecule has 1 fully saturated rings. The Morgan fingerprint density at radius 2 is 1.88 bits per heavy atom. The van der Waals surface area contributed by atoms with Crippen LogP contribution in [0.15, 0.2) is 48.5 Å². The molecule has 1 aliphatic heterocycles. The Morgan fingerprint density at radius 3 is 2.50 bits per heavy atom. The lowest BCUT2D eigenvalue weighted by Crippen LogP contribution is -2.52. The minimum atomic E-state index is -1.07. The molecule has 1 atom stereocenters. The summed E-state index contributed by atoms with van der Waals surface area (Å²) in [6, 6.07) is 11.0. The monoisotopic (exact) mass is 358 g/mol. The zero-order valence-electron chi connectivity index (χ0n) is 14.0. The van der Waals surface area contributed by atoms with E-state index in [0.29, 0.717) is 25.2 Å². The average Bonchev–Trinajstić information content (AvgIpc) is 2.59. The van der Waals surface area contributed by atoms with Crippen molar-refractivity contribution in [1.29, 1.82) is 0 Å². The van der Waals surface area contributed by atoms with Crippen molar-refractivity contribution in [2.24, 2.45) is 0 Å². The number of hydrogen-bond donors (Lipinski definition) is 2. The molecule has 0 bridgehead atoms. The third kappa shape index (κ3) is 4.00. The molecule has 6 nitrogen and oxygen atoms in total. The standard InChI is InChI=1S/C19H19FN2O4/c20-15-6-4-13(5-7-15)11-21-8-9-22(12-17(21)24)18(19(25)26)14-2-1-3-16(23)10-14/h1-7,10,18,23H,8-9,11-12H2,(H,25,26). The minimum absolute atomic E-state index is 0.0185. The number of aromatic hydroxyl groups is 1. The van der Waals surface area contributed by atoms with E-state index in [-0.39, 0.29) is 24.0 Å². The van der Waals surface area contributed by atoms with Crippen LogP contribution in [-0.2, 0) is 16.1 Å². The lowest BCUT2D eigenvalue weighted by atomic mass is 10.0. The molecule has 136 valence electrons. The zero-order chi connectivity index (χ0) is 18.7. The van der Waals surface area contributed by atoms with Gasteiger partial charge in [-0.25, -0.2) is 4.39 Å². The van der Waals surface area contributed by atoms with E-state index in [1.165, 1.54) is 24.3 Å². The van der Waals surface area contributed by atoms with Crippen LogP contribution >= 0.6 is 0 Å². The summed E-state index contributed by atoms with van der Waals surface area (Å²) in [7, 11) is 0. The maximum absolute atomic E-state index is 13.0. The number of phenols is 1. The van der Waals surface area contributed by atoms with Gasteiger partial charge in [-0.05, 0) is 35.4 Å². The maximum Gasteiger partial charge on any atom is 0.325 e. The Labute approximate surface area is 150 Å². The third-order valence-corrected chi connectivity index (χ3v) is 4.42. The summed E-state index contributed by atoms with van der Waals surface area (Å²) in [5, 5.41) is 19.2. The normalized spacial score (nSPS) is 16.5. The molecule has 2 aromatic rings. The molecule has 1 unspecified atom stereocenters. The van der Waals surface area contributed by atoms with Gasteiger partial charge in [0.1, 0.15) is 17.6 Å². The predicted octanol–water partition coefficient (Wildman–Crippen LogP) is 2.00. The highest BCUT2D eigenvalue weighted by atomic mass is 19.1. The van der Waals surface area contributed by atoms with E-state index in [1.54, 1.807) is 34.1 Å². The highest BCUT2D eigenvalue weighted by molar-refractivity contribution is 5.81. The van der Waals surface area contributed by atoms with Gasteiger partial charge in [-0.15, -0.1) is 0 Å². The largest absolute Gasteiger partial charge is 0.508 e. The number of piperazine rings is 1. The van der Waals surface area contributed by atoms with Gasteiger partial charge in [0.25, 0.3) is 0 Å². The summed E-state index contributed by atoms with van der Waals surface area (Å²) < 4.78 is 13.0. The van der Waals surface area contributed by atoms with Crippen molar-refractivity contribution in [2.75, 3.05) is 19.6 Å². The highest BCUT2D eigenvalue weighted by Gasteiger charge is 2.33. The first-order chi connectivity index (χ1) is 12.4. The summed E-state index contributed by atoms with van der Waals surface area (Å²) in [4.78, 5) is 27.4. The van der Waals surface area contributed by atoms with Gasteiger partial charge in [0.2, 0.25) is 5.91 Å². The van der Waals surface area contributed by atoms with Crippen molar-refractivity contribution < 1.29 is 24.2 Å². The molecule has 2 aromatic carbocycles. The van der Waals surface area contributed by atoms with Crippen molar-refractivity contribution in [3.63, 3.8) is 0 Å². The Kier molecular flexibility index (Phi) is 5.18. The van der Waals surface area contributed by atoms with Crippen LogP contribution in [0, 0.1) is 5.82 Å². The van der Waals surface area contributed by atoms with Crippen LogP contribution in [-0.4, -0.2) is 51.5 Å². The number of carboxylic acid groups (broad SMARTS) is 1. The van der Waals surface area contributed by atoms with Gasteiger partial charge in [-0.3, -0.25) is 14.5 Å². The molecule has 1 heterocycles. The first-order valence-corrected chi connectivity index (χ1v) is 8.22. The zero-order valence-corrected chi connectivity index (χ0v) is 14.0. The molecule has 0 saturated carbocycles. The quantitative estimate of drug-likeness (QED) is 0.854. The van der Waals surface area contributed by atoms with Gasteiger partial charge >= 0.3 is 5.97 Å². The molecular formula is C19H19FN2O4. The fraction of sp³-hybridized carbons (Fsp3) is 0.263. The molecule has 26 heavy (non-hydrogen) atoms. The van der Waals surface area contributed by atoms with Crippen molar-refractivity contribution >= 4 is 11.9 Å². The molecule has 1 saturated heterocycles. The number of amides is 1. The Balaban J connectivity index is 1.71. The lowest BCUT2D eigenvalue weighted by molar-refractivity contribution is -0.148. The number of halogens is 1. The number of hydrogen-bond acceptors (Lipinski definition) is 4. The topological polar surface area (TPSA) is 81.1 Å². The summed E-state index contributed by atoms with van der Waals surface area (Å²) in [6.07, 6.45) is 0. The number of benzene rings is 2. The van der Waals surface area contributed by atoms with Gasteiger partial charge in [0.15, 0.2) is 0 Å². The number of aliphatic carboxylic acids is 1. The van der Waals surface area contributed by atoms with Crippen LogP contribution in [0.5, 0.6) is 5.75 Å². The van der Waals surface area contributed by atoms with Crippen LogP contribution in [0.2, 0.25) is 0 Å². The van der Waals surface area contributed by atoms with E-state index < -0.39 is 12.0 Å². The summed E-state index contributed by atoms with van der Waals surface area (Å²) >= 11 is 0. The fourth-order valence-corrected chi connectivity index (χ4v) is 3.13. The Morgan fingerprint density at radius 1 is 1.15 bits per heavy atom. The van der Waals surface area contributed by atoms with E-state index in [1.807, 2.05) is 0 Å². The molecule has 2 N–H and O–H groups in total. The summed E-state index contributed by atoms with van der Waals surface area (Å²) in [5.74, 6) is -1.61. The van der Waals surface area contributed by atoms with Crippen LogP contribution < -0.4 is 0 Å². The second-order valence-corrected chi connectivity index (χ2v) is 6.25. The van der Waals surface area contributed by atoms with Gasteiger partial charge in [0, 0.05) is 19.6 Å². The smallest absolute Gasteiger partial charge is 0.325 e. The molecule has 3 rings (SSSR count). The number of carboxylic acids is 1.